The maximum atomic E-state index is 10.4. The molecule has 4 nitrogen and oxygen atoms in total. The zero-order valence-electron chi connectivity index (χ0n) is 7.99. The van der Waals surface area contributed by atoms with Gasteiger partial charge in [0.2, 0.25) is 0 Å². The molecule has 0 amide bonds. The van der Waals surface area contributed by atoms with Gasteiger partial charge in [0, 0.05) is 12.8 Å². The maximum absolute atomic E-state index is 10.4. The second-order valence-electron chi connectivity index (χ2n) is 3.69. The zero-order valence-corrected chi connectivity index (χ0v) is 7.99. The van der Waals surface area contributed by atoms with E-state index in [2.05, 4.69) is 0 Å². The van der Waals surface area contributed by atoms with Gasteiger partial charge >= 0.3 is 11.9 Å². The molecule has 76 valence electrons. The average Bonchev–Trinajstić information content (AvgIpc) is 1.80. The lowest BCUT2D eigenvalue weighted by atomic mass is 9.91. The lowest BCUT2D eigenvalue weighted by Gasteiger charge is -2.14. The summed E-state index contributed by atoms with van der Waals surface area (Å²) < 4.78 is 0. The van der Waals surface area contributed by atoms with Crippen LogP contribution < -0.4 is 0 Å². The first-order chi connectivity index (χ1) is 5.91. The summed E-state index contributed by atoms with van der Waals surface area (Å²) in [5.74, 6) is -1.75. The molecule has 0 aromatic rings. The molecule has 2 N–H and O–H groups in total. The van der Waals surface area contributed by atoms with Crippen molar-refractivity contribution in [2.45, 2.75) is 33.1 Å². The third-order valence-corrected chi connectivity index (χ3v) is 1.73. The number of carbonyl (C=O) groups is 2. The van der Waals surface area contributed by atoms with Crippen LogP contribution in [0.5, 0.6) is 0 Å². The molecule has 0 spiro atoms. The van der Waals surface area contributed by atoms with E-state index in [9.17, 15) is 9.59 Å². The van der Waals surface area contributed by atoms with E-state index < -0.39 is 11.9 Å². The number of hydrogen-bond acceptors (Lipinski definition) is 2. The quantitative estimate of drug-likeness (QED) is 0.663. The molecule has 0 rings (SSSR count). The minimum absolute atomic E-state index is 0.0511. The largest absolute Gasteiger partial charge is 0.481 e. The Balaban J connectivity index is 4.02. The molecule has 0 aliphatic rings. The van der Waals surface area contributed by atoms with Crippen molar-refractivity contribution in [3.8, 4) is 0 Å². The van der Waals surface area contributed by atoms with Gasteiger partial charge in [-0.3, -0.25) is 9.59 Å². The molecule has 0 aliphatic carbocycles. The van der Waals surface area contributed by atoms with E-state index in [1.165, 1.54) is 0 Å². The summed E-state index contributed by atoms with van der Waals surface area (Å²) in [6, 6.07) is 0. The molecule has 0 aromatic heterocycles. The molecule has 0 aromatic carbocycles. The first-order valence-electron chi connectivity index (χ1n) is 4.35. The van der Waals surface area contributed by atoms with Crippen LogP contribution in [-0.2, 0) is 9.59 Å². The highest BCUT2D eigenvalue weighted by atomic mass is 16.4. The van der Waals surface area contributed by atoms with Crippen molar-refractivity contribution in [3.63, 3.8) is 0 Å². The Morgan fingerprint density at radius 1 is 1.08 bits per heavy atom. The van der Waals surface area contributed by atoms with Gasteiger partial charge in [-0.25, -0.2) is 0 Å². The van der Waals surface area contributed by atoms with Crippen molar-refractivity contribution in [1.29, 1.82) is 0 Å². The van der Waals surface area contributed by atoms with Crippen LogP contribution >= 0.6 is 0 Å². The van der Waals surface area contributed by atoms with Gasteiger partial charge in [0.1, 0.15) is 0 Å². The summed E-state index contributed by atoms with van der Waals surface area (Å²) in [5, 5.41) is 17.0. The van der Waals surface area contributed by atoms with Crippen LogP contribution in [0.2, 0.25) is 0 Å². The first kappa shape index (κ1) is 11.9. The van der Waals surface area contributed by atoms with E-state index in [0.29, 0.717) is 12.3 Å². The summed E-state index contributed by atoms with van der Waals surface area (Å²) in [6.07, 6.45) is 0.549. The summed E-state index contributed by atoms with van der Waals surface area (Å²) in [5.41, 5.74) is 0. The third-order valence-electron chi connectivity index (χ3n) is 1.73. The van der Waals surface area contributed by atoms with Gasteiger partial charge in [-0.15, -0.1) is 0 Å². The molecule has 0 fully saturated rings. The molecule has 0 saturated heterocycles. The molecular formula is C9H16O4. The smallest absolute Gasteiger partial charge is 0.303 e. The Morgan fingerprint density at radius 3 is 1.69 bits per heavy atom. The van der Waals surface area contributed by atoms with Gasteiger partial charge in [0.05, 0.1) is 0 Å². The first-order valence-corrected chi connectivity index (χ1v) is 4.35. The van der Waals surface area contributed by atoms with Crippen LogP contribution in [-0.4, -0.2) is 22.2 Å². The summed E-state index contributed by atoms with van der Waals surface area (Å²) >= 11 is 0. The summed E-state index contributed by atoms with van der Waals surface area (Å²) in [6.45, 7) is 3.91. The lowest BCUT2D eigenvalue weighted by Crippen LogP contribution is -2.14. The Labute approximate surface area is 77.6 Å². The van der Waals surface area contributed by atoms with Gasteiger partial charge < -0.3 is 10.2 Å². The fourth-order valence-corrected chi connectivity index (χ4v) is 1.40. The van der Waals surface area contributed by atoms with Crippen molar-refractivity contribution < 1.29 is 19.8 Å². The van der Waals surface area contributed by atoms with Crippen LogP contribution in [0.25, 0.3) is 0 Å². The Kier molecular flexibility index (Phi) is 5.11. The Hall–Kier alpha value is -1.06. The molecule has 0 atom stereocenters. The van der Waals surface area contributed by atoms with Gasteiger partial charge in [-0.2, -0.15) is 0 Å². The zero-order chi connectivity index (χ0) is 10.4. The fraction of sp³-hybridized carbons (Fsp3) is 0.778. The van der Waals surface area contributed by atoms with E-state index in [1.807, 2.05) is 13.8 Å². The van der Waals surface area contributed by atoms with E-state index in [1.54, 1.807) is 0 Å². The second-order valence-corrected chi connectivity index (χ2v) is 3.69. The normalized spacial score (nSPS) is 10.8. The van der Waals surface area contributed by atoms with Crippen LogP contribution in [0, 0.1) is 11.8 Å². The molecule has 0 bridgehead atoms. The SMILES string of the molecule is CC(C)CC(CC(=O)O)CC(=O)O. The number of rotatable bonds is 6. The van der Waals surface area contributed by atoms with E-state index in [0.717, 1.165) is 0 Å². The Bertz CT molecular complexity index is 170. The van der Waals surface area contributed by atoms with Crippen molar-refractivity contribution in [1.82, 2.24) is 0 Å². The van der Waals surface area contributed by atoms with Crippen LogP contribution in [0.3, 0.4) is 0 Å². The molecule has 13 heavy (non-hydrogen) atoms. The van der Waals surface area contributed by atoms with E-state index in [-0.39, 0.29) is 18.8 Å². The number of aliphatic carboxylic acids is 2. The monoisotopic (exact) mass is 188 g/mol. The molecule has 0 radical (unpaired) electrons. The predicted molar refractivity (Wildman–Crippen MR) is 47.5 cm³/mol. The minimum atomic E-state index is -0.924. The Morgan fingerprint density at radius 2 is 1.46 bits per heavy atom. The van der Waals surface area contributed by atoms with Gasteiger partial charge in [0.15, 0.2) is 0 Å². The summed E-state index contributed by atoms with van der Waals surface area (Å²) in [4.78, 5) is 20.8. The van der Waals surface area contributed by atoms with Crippen LogP contribution in [0.15, 0.2) is 0 Å². The minimum Gasteiger partial charge on any atom is -0.481 e. The molecule has 0 aliphatic heterocycles. The van der Waals surface area contributed by atoms with Gasteiger partial charge in [0.25, 0.3) is 0 Å². The van der Waals surface area contributed by atoms with Gasteiger partial charge in [-0.05, 0) is 18.3 Å². The highest BCUT2D eigenvalue weighted by molar-refractivity contribution is 5.70. The molecule has 0 heterocycles. The predicted octanol–water partition coefficient (Wildman–Crippen LogP) is 1.60. The number of carboxylic acids is 2. The van der Waals surface area contributed by atoms with E-state index in [4.69, 9.17) is 10.2 Å². The second kappa shape index (κ2) is 5.56. The summed E-state index contributed by atoms with van der Waals surface area (Å²) in [7, 11) is 0. The lowest BCUT2D eigenvalue weighted by molar-refractivity contribution is -0.140. The van der Waals surface area contributed by atoms with Crippen molar-refractivity contribution in [2.24, 2.45) is 11.8 Å². The van der Waals surface area contributed by atoms with Crippen LogP contribution in [0.1, 0.15) is 33.1 Å². The van der Waals surface area contributed by atoms with Crippen molar-refractivity contribution >= 4 is 11.9 Å². The number of hydrogen-bond donors (Lipinski definition) is 2. The third kappa shape index (κ3) is 7.31. The van der Waals surface area contributed by atoms with Crippen molar-refractivity contribution in [3.05, 3.63) is 0 Å². The van der Waals surface area contributed by atoms with E-state index >= 15 is 0 Å². The van der Waals surface area contributed by atoms with Gasteiger partial charge in [-0.1, -0.05) is 13.8 Å². The fourth-order valence-electron chi connectivity index (χ4n) is 1.40. The molecule has 4 heteroatoms. The highest BCUT2D eigenvalue weighted by Gasteiger charge is 2.17. The van der Waals surface area contributed by atoms with Crippen molar-refractivity contribution in [2.75, 3.05) is 0 Å². The standard InChI is InChI=1S/C9H16O4/c1-6(2)3-7(4-8(10)11)5-9(12)13/h6-7H,3-5H2,1-2H3,(H,10,11)(H,12,13). The van der Waals surface area contributed by atoms with Crippen LogP contribution in [0.4, 0.5) is 0 Å². The molecule has 0 unspecified atom stereocenters. The topological polar surface area (TPSA) is 74.6 Å². The maximum Gasteiger partial charge on any atom is 0.303 e. The molecule has 0 saturated carbocycles. The average molecular weight is 188 g/mol. The highest BCUT2D eigenvalue weighted by Crippen LogP contribution is 2.18. The molecular weight excluding hydrogens is 172 g/mol. The number of carboxylic acid groups (broad SMARTS) is 2.